The first-order valence-corrected chi connectivity index (χ1v) is 2.66. The summed E-state index contributed by atoms with van der Waals surface area (Å²) in [6.45, 7) is 4.02. The van der Waals surface area contributed by atoms with Gasteiger partial charge >= 0.3 is 0 Å². The van der Waals surface area contributed by atoms with E-state index in [-0.39, 0.29) is 67.7 Å². The monoisotopic (exact) mass is 288 g/mol. The first-order valence-electron chi connectivity index (χ1n) is 2.66. The molecule has 1 heterocycles. The van der Waals surface area contributed by atoms with Gasteiger partial charge in [-0.05, 0) is 7.05 Å². The van der Waals surface area contributed by atoms with Gasteiger partial charge in [-0.15, -0.1) is 0 Å². The van der Waals surface area contributed by atoms with Gasteiger partial charge in [-0.25, -0.2) is 0 Å². The minimum Gasteiger partial charge on any atom is -0.379 e. The fraction of sp³-hybridized carbons (Fsp3) is 1.00. The Morgan fingerprint density at radius 2 is 0.778 bits per heavy atom. The van der Waals surface area contributed by atoms with Crippen molar-refractivity contribution in [2.24, 2.45) is 0 Å². The molecular formula is C5H44N12O. The van der Waals surface area contributed by atoms with Gasteiger partial charge in [-0.2, -0.15) is 0 Å². The topological polar surface area (TPSA) is 397 Å². The molecule has 13 heteroatoms. The molecule has 18 heavy (non-hydrogen) atoms. The standard InChI is InChI=1S/C5H11NO.11H3N/c1-6-2-4-7-5-3-6;;;;;;;;;;;/h2-5H2,1H3;11*1H3. The summed E-state index contributed by atoms with van der Waals surface area (Å²) in [5.74, 6) is 0. The summed E-state index contributed by atoms with van der Waals surface area (Å²) in [7, 11) is 2.11. The van der Waals surface area contributed by atoms with E-state index in [1.165, 1.54) is 0 Å². The summed E-state index contributed by atoms with van der Waals surface area (Å²) in [4.78, 5) is 2.27. The summed E-state index contributed by atoms with van der Waals surface area (Å²) in [6, 6.07) is 0. The van der Waals surface area contributed by atoms with Gasteiger partial charge in [0.1, 0.15) is 0 Å². The van der Waals surface area contributed by atoms with Gasteiger partial charge in [0.05, 0.1) is 13.2 Å². The molecule has 1 aliphatic heterocycles. The van der Waals surface area contributed by atoms with Crippen molar-refractivity contribution in [2.75, 3.05) is 33.4 Å². The van der Waals surface area contributed by atoms with E-state index < -0.39 is 0 Å². The number of nitrogens with zero attached hydrogens (tertiary/aromatic N) is 1. The van der Waals surface area contributed by atoms with E-state index in [0.29, 0.717) is 0 Å². The second-order valence-corrected chi connectivity index (χ2v) is 1.92. The van der Waals surface area contributed by atoms with Crippen molar-refractivity contribution < 1.29 is 4.74 Å². The highest BCUT2D eigenvalue weighted by Gasteiger charge is 2.02. The van der Waals surface area contributed by atoms with E-state index >= 15 is 0 Å². The van der Waals surface area contributed by atoms with Crippen LogP contribution in [-0.2, 0) is 4.74 Å². The van der Waals surface area contributed by atoms with Crippen LogP contribution in [0.3, 0.4) is 0 Å². The van der Waals surface area contributed by atoms with Gasteiger partial charge in [0.2, 0.25) is 0 Å². The molecule has 1 rings (SSSR count). The average molecular weight is 288 g/mol. The third-order valence-electron chi connectivity index (χ3n) is 1.23. The molecule has 0 saturated carbocycles. The van der Waals surface area contributed by atoms with E-state index in [1.807, 2.05) is 0 Å². The number of morpholine rings is 1. The van der Waals surface area contributed by atoms with Gasteiger partial charge in [-0.1, -0.05) is 0 Å². The van der Waals surface area contributed by atoms with Crippen LogP contribution < -0.4 is 67.7 Å². The smallest absolute Gasteiger partial charge is 0.0594 e. The van der Waals surface area contributed by atoms with E-state index in [2.05, 4.69) is 11.9 Å². The van der Waals surface area contributed by atoms with E-state index in [9.17, 15) is 0 Å². The molecule has 0 unspecified atom stereocenters. The van der Waals surface area contributed by atoms with Crippen molar-refractivity contribution >= 4 is 0 Å². The van der Waals surface area contributed by atoms with Crippen LogP contribution in [0.2, 0.25) is 0 Å². The summed E-state index contributed by atoms with van der Waals surface area (Å²) < 4.78 is 5.10. The average Bonchev–Trinajstić information content (AvgIpc) is 1.69. The lowest BCUT2D eigenvalue weighted by Gasteiger charge is -2.21. The molecule has 0 spiro atoms. The molecule has 0 aromatic carbocycles. The van der Waals surface area contributed by atoms with Crippen molar-refractivity contribution in [3.05, 3.63) is 0 Å². The minimum atomic E-state index is 0. The van der Waals surface area contributed by atoms with Gasteiger partial charge in [-0.3, -0.25) is 0 Å². The van der Waals surface area contributed by atoms with Crippen LogP contribution in [0.4, 0.5) is 0 Å². The molecule has 0 aromatic heterocycles. The van der Waals surface area contributed by atoms with Crippen LogP contribution in [0.5, 0.6) is 0 Å². The Bertz CT molecular complexity index is 62.4. The zero-order valence-electron chi connectivity index (χ0n) is 12.5. The maximum atomic E-state index is 5.10. The molecule has 0 aromatic rings. The molecule has 1 saturated heterocycles. The Balaban J connectivity index is -0.00000000495. The van der Waals surface area contributed by atoms with Crippen LogP contribution >= 0.6 is 0 Å². The summed E-state index contributed by atoms with van der Waals surface area (Å²) in [5.41, 5.74) is 0. The maximum Gasteiger partial charge on any atom is 0.0594 e. The molecule has 13 nitrogen and oxygen atoms in total. The fourth-order valence-corrected chi connectivity index (χ4v) is 0.655. The lowest BCUT2D eigenvalue weighted by atomic mass is 10.5. The summed E-state index contributed by atoms with van der Waals surface area (Å²) in [6.07, 6.45) is 0. The zero-order valence-corrected chi connectivity index (χ0v) is 12.5. The second kappa shape index (κ2) is 70.6. The van der Waals surface area contributed by atoms with Gasteiger partial charge in [0, 0.05) is 13.1 Å². The minimum absolute atomic E-state index is 0. The van der Waals surface area contributed by atoms with E-state index in [4.69, 9.17) is 4.74 Å². The molecule has 33 N–H and O–H groups in total. The quantitative estimate of drug-likeness (QED) is 0.302. The Labute approximate surface area is 112 Å². The molecule has 0 amide bonds. The van der Waals surface area contributed by atoms with Crippen molar-refractivity contribution in [2.45, 2.75) is 0 Å². The van der Waals surface area contributed by atoms with Crippen molar-refractivity contribution in [1.29, 1.82) is 0 Å². The summed E-state index contributed by atoms with van der Waals surface area (Å²) in [5, 5.41) is 0. The Hall–Kier alpha value is -0.520. The maximum absolute atomic E-state index is 5.10. The lowest BCUT2D eigenvalue weighted by molar-refractivity contribution is 0.0503. The third kappa shape index (κ3) is 58.0. The third-order valence-corrected chi connectivity index (χ3v) is 1.23. The van der Waals surface area contributed by atoms with Crippen molar-refractivity contribution in [3.8, 4) is 0 Å². The Kier molecular flexibility index (Phi) is 443. The predicted octanol–water partition coefficient (Wildman–Crippen LogP) is 1.73. The van der Waals surface area contributed by atoms with Crippen LogP contribution in [0, 0.1) is 0 Å². The van der Waals surface area contributed by atoms with Gasteiger partial charge in [0.25, 0.3) is 0 Å². The van der Waals surface area contributed by atoms with Crippen LogP contribution in [0.25, 0.3) is 0 Å². The Morgan fingerprint density at radius 1 is 0.556 bits per heavy atom. The highest BCUT2D eigenvalue weighted by molar-refractivity contribution is 4.53. The fourth-order valence-electron chi connectivity index (χ4n) is 0.655. The van der Waals surface area contributed by atoms with E-state index in [0.717, 1.165) is 26.3 Å². The molecule has 0 aliphatic carbocycles. The first kappa shape index (κ1) is 113. The lowest BCUT2D eigenvalue weighted by Crippen LogP contribution is -2.32. The number of ether oxygens (including phenoxy) is 1. The molecular weight excluding hydrogens is 244 g/mol. The molecule has 1 aliphatic rings. The number of rotatable bonds is 0. The SMILES string of the molecule is CN1CCOCC1.N.N.N.N.N.N.N.N.N.N.N. The summed E-state index contributed by atoms with van der Waals surface area (Å²) >= 11 is 0. The van der Waals surface area contributed by atoms with Gasteiger partial charge < -0.3 is 77.3 Å². The van der Waals surface area contributed by atoms with Gasteiger partial charge in [0.15, 0.2) is 0 Å². The number of hydrogen-bond acceptors (Lipinski definition) is 13. The highest BCUT2D eigenvalue weighted by atomic mass is 16.5. The molecule has 130 valence electrons. The van der Waals surface area contributed by atoms with Crippen molar-refractivity contribution in [3.63, 3.8) is 0 Å². The number of likely N-dealkylation sites (N-methyl/N-ethyl adjacent to an activating group) is 1. The predicted molar refractivity (Wildman–Crippen MR) is 83.6 cm³/mol. The molecule has 1 fully saturated rings. The van der Waals surface area contributed by atoms with Crippen LogP contribution in [-0.4, -0.2) is 38.3 Å². The molecule has 0 bridgehead atoms. The molecule has 0 atom stereocenters. The second-order valence-electron chi connectivity index (χ2n) is 1.92. The highest BCUT2D eigenvalue weighted by Crippen LogP contribution is 1.89. The number of hydrogen-bond donors (Lipinski definition) is 11. The largest absolute Gasteiger partial charge is 0.379 e. The normalized spacial score (nSPS) is 9.83. The first-order chi connectivity index (χ1) is 3.39. The zero-order chi connectivity index (χ0) is 5.11. The van der Waals surface area contributed by atoms with Crippen LogP contribution in [0.15, 0.2) is 0 Å². The van der Waals surface area contributed by atoms with Crippen LogP contribution in [0.1, 0.15) is 0 Å². The van der Waals surface area contributed by atoms with E-state index in [1.54, 1.807) is 0 Å². The molecule has 0 radical (unpaired) electrons. The Morgan fingerprint density at radius 3 is 0.889 bits per heavy atom. The van der Waals surface area contributed by atoms with Crippen molar-refractivity contribution in [1.82, 2.24) is 72.6 Å².